The van der Waals surface area contributed by atoms with Crippen molar-refractivity contribution in [2.24, 2.45) is 11.7 Å². The van der Waals surface area contributed by atoms with Crippen LogP contribution >= 0.6 is 0 Å². The maximum atomic E-state index is 10.8. The van der Waals surface area contributed by atoms with Gasteiger partial charge in [-0.25, -0.2) is 0 Å². The number of nitrogens with two attached hydrogens (primary N) is 1. The molecule has 1 aromatic rings. The van der Waals surface area contributed by atoms with E-state index in [-0.39, 0.29) is 11.8 Å². The number of carbonyl (C=O) groups is 1. The molecule has 0 radical (unpaired) electrons. The molecule has 1 rings (SSSR count). The second kappa shape index (κ2) is 5.51. The minimum Gasteiger partial charge on any atom is -0.369 e. The molecule has 82 valence electrons. The molecule has 0 bridgehead atoms. The zero-order chi connectivity index (χ0) is 11.3. The van der Waals surface area contributed by atoms with Crippen LogP contribution in [0.15, 0.2) is 24.3 Å². The van der Waals surface area contributed by atoms with Gasteiger partial charge >= 0.3 is 0 Å². The van der Waals surface area contributed by atoms with Crippen LogP contribution in [0.4, 0.5) is 0 Å². The Labute approximate surface area is 90.7 Å². The van der Waals surface area contributed by atoms with Crippen molar-refractivity contribution < 1.29 is 4.79 Å². The lowest BCUT2D eigenvalue weighted by atomic mass is 10.1. The van der Waals surface area contributed by atoms with Crippen molar-refractivity contribution in [3.63, 3.8) is 0 Å². The second-order valence-electron chi connectivity index (χ2n) is 3.92. The molecular weight excluding hydrogens is 188 g/mol. The molecule has 1 atom stereocenters. The van der Waals surface area contributed by atoms with Crippen LogP contribution < -0.4 is 11.1 Å². The Morgan fingerprint density at radius 3 is 2.87 bits per heavy atom. The summed E-state index contributed by atoms with van der Waals surface area (Å²) in [5, 5.41) is 3.21. The molecule has 1 amide bonds. The average Bonchev–Trinajstić information content (AvgIpc) is 2.17. The highest BCUT2D eigenvalue weighted by atomic mass is 16.1. The maximum absolute atomic E-state index is 10.8. The molecule has 0 aliphatic carbocycles. The number of primary amides is 1. The molecule has 0 aliphatic heterocycles. The first kappa shape index (κ1) is 11.7. The molecule has 0 saturated carbocycles. The summed E-state index contributed by atoms with van der Waals surface area (Å²) in [5.41, 5.74) is 7.64. The lowest BCUT2D eigenvalue weighted by Crippen LogP contribution is -2.30. The first-order chi connectivity index (χ1) is 7.09. The Balaban J connectivity index is 2.35. The monoisotopic (exact) mass is 206 g/mol. The van der Waals surface area contributed by atoms with Crippen molar-refractivity contribution in [2.45, 2.75) is 20.4 Å². The lowest BCUT2D eigenvalue weighted by Gasteiger charge is -2.09. The number of hydrogen-bond acceptors (Lipinski definition) is 2. The molecule has 3 nitrogen and oxygen atoms in total. The minimum absolute atomic E-state index is 0.116. The smallest absolute Gasteiger partial charge is 0.221 e. The molecule has 0 aromatic heterocycles. The van der Waals surface area contributed by atoms with Crippen LogP contribution in [0, 0.1) is 12.8 Å². The maximum Gasteiger partial charge on any atom is 0.221 e. The van der Waals surface area contributed by atoms with E-state index in [0.29, 0.717) is 6.54 Å². The molecule has 0 fully saturated rings. The Bertz CT molecular complexity index is 336. The fraction of sp³-hybridized carbons (Fsp3) is 0.417. The Hall–Kier alpha value is -1.35. The number of benzene rings is 1. The first-order valence-corrected chi connectivity index (χ1v) is 5.15. The van der Waals surface area contributed by atoms with Gasteiger partial charge in [0.1, 0.15) is 0 Å². The summed E-state index contributed by atoms with van der Waals surface area (Å²) in [5.74, 6) is -0.374. The highest BCUT2D eigenvalue weighted by Crippen LogP contribution is 2.03. The Morgan fingerprint density at radius 2 is 2.27 bits per heavy atom. The standard InChI is InChI=1S/C12H18N2O/c1-9-4-3-5-11(6-9)8-14-7-10(2)12(13)15/h3-6,10,14H,7-8H2,1-2H3,(H2,13,15). The fourth-order valence-electron chi connectivity index (χ4n) is 1.36. The van der Waals surface area contributed by atoms with Crippen molar-refractivity contribution in [1.82, 2.24) is 5.32 Å². The van der Waals surface area contributed by atoms with Crippen molar-refractivity contribution in [3.8, 4) is 0 Å². The zero-order valence-electron chi connectivity index (χ0n) is 9.29. The van der Waals surface area contributed by atoms with E-state index in [9.17, 15) is 4.79 Å². The normalized spacial score (nSPS) is 12.4. The molecule has 3 N–H and O–H groups in total. The molecule has 1 aromatic carbocycles. The van der Waals surface area contributed by atoms with E-state index in [0.717, 1.165) is 6.54 Å². The summed E-state index contributed by atoms with van der Waals surface area (Å²) in [6.45, 7) is 5.30. The van der Waals surface area contributed by atoms with Crippen LogP contribution in [0.3, 0.4) is 0 Å². The third-order valence-corrected chi connectivity index (χ3v) is 2.35. The number of amides is 1. The Kier molecular flexibility index (Phi) is 4.31. The van der Waals surface area contributed by atoms with Gasteiger partial charge in [0.15, 0.2) is 0 Å². The minimum atomic E-state index is -0.258. The van der Waals surface area contributed by atoms with Crippen molar-refractivity contribution in [1.29, 1.82) is 0 Å². The third kappa shape index (κ3) is 4.13. The number of aryl methyl sites for hydroxylation is 1. The van der Waals surface area contributed by atoms with Gasteiger partial charge in [-0.05, 0) is 12.5 Å². The van der Waals surface area contributed by atoms with E-state index in [4.69, 9.17) is 5.73 Å². The second-order valence-corrected chi connectivity index (χ2v) is 3.92. The van der Waals surface area contributed by atoms with Gasteiger partial charge in [-0.1, -0.05) is 36.8 Å². The number of hydrogen-bond donors (Lipinski definition) is 2. The predicted octanol–water partition coefficient (Wildman–Crippen LogP) is 1.21. The summed E-state index contributed by atoms with van der Waals surface area (Å²) in [6.07, 6.45) is 0. The summed E-state index contributed by atoms with van der Waals surface area (Å²) >= 11 is 0. The van der Waals surface area contributed by atoms with E-state index in [1.54, 1.807) is 0 Å². The molecule has 15 heavy (non-hydrogen) atoms. The first-order valence-electron chi connectivity index (χ1n) is 5.15. The summed E-state index contributed by atoms with van der Waals surface area (Å²) in [7, 11) is 0. The van der Waals surface area contributed by atoms with Gasteiger partial charge < -0.3 is 11.1 Å². The average molecular weight is 206 g/mol. The summed E-state index contributed by atoms with van der Waals surface area (Å²) < 4.78 is 0. The largest absolute Gasteiger partial charge is 0.369 e. The van der Waals surface area contributed by atoms with Gasteiger partial charge in [0, 0.05) is 19.0 Å². The van der Waals surface area contributed by atoms with Gasteiger partial charge in [0.05, 0.1) is 0 Å². The van der Waals surface area contributed by atoms with Crippen LogP contribution in [0.1, 0.15) is 18.1 Å². The van der Waals surface area contributed by atoms with Crippen LogP contribution in [0.5, 0.6) is 0 Å². The Morgan fingerprint density at radius 1 is 1.53 bits per heavy atom. The fourth-order valence-corrected chi connectivity index (χ4v) is 1.36. The van der Waals surface area contributed by atoms with Gasteiger partial charge in [0.2, 0.25) is 5.91 Å². The van der Waals surface area contributed by atoms with Gasteiger partial charge in [-0.15, -0.1) is 0 Å². The molecular formula is C12H18N2O. The van der Waals surface area contributed by atoms with E-state index in [1.807, 2.05) is 13.0 Å². The van der Waals surface area contributed by atoms with E-state index in [1.165, 1.54) is 11.1 Å². The van der Waals surface area contributed by atoms with Crippen LogP contribution in [-0.2, 0) is 11.3 Å². The topological polar surface area (TPSA) is 55.1 Å². The van der Waals surface area contributed by atoms with Gasteiger partial charge in [-0.3, -0.25) is 4.79 Å². The molecule has 1 unspecified atom stereocenters. The van der Waals surface area contributed by atoms with Crippen molar-refractivity contribution in [3.05, 3.63) is 35.4 Å². The zero-order valence-corrected chi connectivity index (χ0v) is 9.29. The van der Waals surface area contributed by atoms with Crippen molar-refractivity contribution in [2.75, 3.05) is 6.54 Å². The molecule has 0 saturated heterocycles. The van der Waals surface area contributed by atoms with E-state index >= 15 is 0 Å². The SMILES string of the molecule is Cc1cccc(CNCC(C)C(N)=O)c1. The third-order valence-electron chi connectivity index (χ3n) is 2.35. The predicted molar refractivity (Wildman–Crippen MR) is 61.2 cm³/mol. The number of rotatable bonds is 5. The quantitative estimate of drug-likeness (QED) is 0.760. The van der Waals surface area contributed by atoms with Crippen LogP contribution in [0.25, 0.3) is 0 Å². The summed E-state index contributed by atoms with van der Waals surface area (Å²) in [6, 6.07) is 8.29. The van der Waals surface area contributed by atoms with Gasteiger partial charge in [0.25, 0.3) is 0 Å². The highest BCUT2D eigenvalue weighted by Gasteiger charge is 2.06. The summed E-state index contributed by atoms with van der Waals surface area (Å²) in [4.78, 5) is 10.8. The molecule has 0 aliphatic rings. The lowest BCUT2D eigenvalue weighted by molar-refractivity contribution is -0.121. The number of carbonyl (C=O) groups excluding carboxylic acids is 1. The van der Waals surface area contributed by atoms with Crippen molar-refractivity contribution >= 4 is 5.91 Å². The van der Waals surface area contributed by atoms with Crippen LogP contribution in [-0.4, -0.2) is 12.5 Å². The number of nitrogens with one attached hydrogen (secondary N) is 1. The van der Waals surface area contributed by atoms with E-state index < -0.39 is 0 Å². The van der Waals surface area contributed by atoms with Crippen LogP contribution in [0.2, 0.25) is 0 Å². The molecule has 3 heteroatoms. The highest BCUT2D eigenvalue weighted by molar-refractivity contribution is 5.76. The molecule has 0 heterocycles. The van der Waals surface area contributed by atoms with Gasteiger partial charge in [-0.2, -0.15) is 0 Å². The van der Waals surface area contributed by atoms with E-state index in [2.05, 4.69) is 30.4 Å². The molecule has 0 spiro atoms.